The minimum atomic E-state index is -1.03. The molecule has 2 rings (SSSR count). The third-order valence-electron chi connectivity index (χ3n) is 3.17. The second-order valence-corrected chi connectivity index (χ2v) is 4.99. The van der Waals surface area contributed by atoms with Crippen LogP contribution in [0.4, 0.5) is 0 Å². The van der Waals surface area contributed by atoms with E-state index in [0.29, 0.717) is 17.5 Å². The Morgan fingerprint density at radius 3 is 2.11 bits per heavy atom. The van der Waals surface area contributed by atoms with Crippen LogP contribution in [0.25, 0.3) is 0 Å². The molecule has 1 atom stereocenters. The lowest BCUT2D eigenvalue weighted by Crippen LogP contribution is -2.43. The number of β-amino-alcohol motifs (C(OH)–C–C–N with tert-alkyl or cyclic N) is 1. The molecule has 1 aliphatic heterocycles. The van der Waals surface area contributed by atoms with Crippen LogP contribution < -0.4 is 0 Å². The number of aliphatic hydroxyl groups is 1. The molecule has 4 nitrogen and oxygen atoms in total. The van der Waals surface area contributed by atoms with E-state index in [4.69, 9.17) is 0 Å². The van der Waals surface area contributed by atoms with Crippen molar-refractivity contribution in [1.82, 2.24) is 4.90 Å². The van der Waals surface area contributed by atoms with Gasteiger partial charge in [-0.25, -0.2) is 0 Å². The van der Waals surface area contributed by atoms with Crippen molar-refractivity contribution >= 4 is 11.8 Å². The van der Waals surface area contributed by atoms with E-state index >= 15 is 0 Å². The summed E-state index contributed by atoms with van der Waals surface area (Å²) >= 11 is 0. The average molecular weight is 247 g/mol. The standard InChI is InChI=1S/C14H17NO3/c1-3-8-14(2,18)9-15-12(16)10-6-4-5-7-11(10)13(15)17/h4-7,18H,3,8-9H2,1-2H3. The molecule has 1 unspecified atom stereocenters. The Bertz CT molecular complexity index is 459. The molecule has 1 aromatic carbocycles. The summed E-state index contributed by atoms with van der Waals surface area (Å²) in [6, 6.07) is 6.75. The highest BCUT2D eigenvalue weighted by Crippen LogP contribution is 2.25. The molecular weight excluding hydrogens is 230 g/mol. The second kappa shape index (κ2) is 4.53. The van der Waals surface area contributed by atoms with Crippen molar-refractivity contribution in [3.8, 4) is 0 Å². The monoisotopic (exact) mass is 247 g/mol. The van der Waals surface area contributed by atoms with Crippen LogP contribution in [0.3, 0.4) is 0 Å². The predicted molar refractivity (Wildman–Crippen MR) is 67.3 cm³/mol. The van der Waals surface area contributed by atoms with Gasteiger partial charge in [0.1, 0.15) is 0 Å². The highest BCUT2D eigenvalue weighted by molar-refractivity contribution is 6.21. The fourth-order valence-electron chi connectivity index (χ4n) is 2.34. The predicted octanol–water partition coefficient (Wildman–Crippen LogP) is 1.83. The molecule has 1 aromatic rings. The molecule has 0 radical (unpaired) electrons. The van der Waals surface area contributed by atoms with Crippen molar-refractivity contribution < 1.29 is 14.7 Å². The first-order valence-electron chi connectivity index (χ1n) is 6.14. The molecule has 18 heavy (non-hydrogen) atoms. The summed E-state index contributed by atoms with van der Waals surface area (Å²) in [5.41, 5.74) is -0.174. The number of carbonyl (C=O) groups is 2. The SMILES string of the molecule is CCCC(C)(O)CN1C(=O)c2ccccc2C1=O. The van der Waals surface area contributed by atoms with Crippen LogP contribution in [0.1, 0.15) is 47.4 Å². The van der Waals surface area contributed by atoms with Crippen LogP contribution >= 0.6 is 0 Å². The molecule has 4 heteroatoms. The number of benzene rings is 1. The summed E-state index contributed by atoms with van der Waals surface area (Å²) in [5, 5.41) is 10.1. The van der Waals surface area contributed by atoms with Crippen molar-refractivity contribution in [2.45, 2.75) is 32.3 Å². The normalized spacial score (nSPS) is 17.8. The quantitative estimate of drug-likeness (QED) is 0.826. The van der Waals surface area contributed by atoms with Gasteiger partial charge >= 0.3 is 0 Å². The van der Waals surface area contributed by atoms with E-state index in [1.165, 1.54) is 0 Å². The molecule has 96 valence electrons. The summed E-state index contributed by atoms with van der Waals surface area (Å²) in [5.74, 6) is -0.626. The first kappa shape index (κ1) is 12.8. The number of imide groups is 1. The van der Waals surface area contributed by atoms with Gasteiger partial charge in [0.15, 0.2) is 0 Å². The van der Waals surface area contributed by atoms with Crippen LogP contribution in [0, 0.1) is 0 Å². The minimum absolute atomic E-state index is 0.0488. The minimum Gasteiger partial charge on any atom is -0.388 e. The molecule has 0 spiro atoms. The van der Waals surface area contributed by atoms with Gasteiger partial charge in [0.05, 0.1) is 23.3 Å². The number of hydrogen-bond donors (Lipinski definition) is 1. The van der Waals surface area contributed by atoms with Crippen LogP contribution in [0.5, 0.6) is 0 Å². The molecule has 0 aliphatic carbocycles. The van der Waals surface area contributed by atoms with E-state index < -0.39 is 5.60 Å². The zero-order valence-corrected chi connectivity index (χ0v) is 10.6. The lowest BCUT2D eigenvalue weighted by molar-refractivity contribution is 0.0140. The largest absolute Gasteiger partial charge is 0.388 e. The van der Waals surface area contributed by atoms with Crippen LogP contribution in [-0.4, -0.2) is 34.0 Å². The van der Waals surface area contributed by atoms with Gasteiger partial charge in [-0.2, -0.15) is 0 Å². The highest BCUT2D eigenvalue weighted by Gasteiger charge is 2.38. The molecule has 0 saturated heterocycles. The van der Waals surface area contributed by atoms with Gasteiger partial charge in [-0.15, -0.1) is 0 Å². The van der Waals surface area contributed by atoms with Gasteiger partial charge in [0.25, 0.3) is 11.8 Å². The summed E-state index contributed by atoms with van der Waals surface area (Å²) in [6.45, 7) is 3.66. The summed E-state index contributed by atoms with van der Waals surface area (Å²) < 4.78 is 0. The zero-order valence-electron chi connectivity index (χ0n) is 10.6. The number of nitrogens with zero attached hydrogens (tertiary/aromatic N) is 1. The van der Waals surface area contributed by atoms with E-state index in [1.54, 1.807) is 31.2 Å². The number of carbonyl (C=O) groups excluding carboxylic acids is 2. The van der Waals surface area contributed by atoms with E-state index in [0.717, 1.165) is 11.3 Å². The van der Waals surface area contributed by atoms with Gasteiger partial charge in [0, 0.05) is 0 Å². The number of amides is 2. The maximum atomic E-state index is 12.1. The second-order valence-electron chi connectivity index (χ2n) is 4.99. The molecule has 0 saturated carbocycles. The molecule has 1 aliphatic rings. The lowest BCUT2D eigenvalue weighted by Gasteiger charge is -2.27. The fourth-order valence-corrected chi connectivity index (χ4v) is 2.34. The molecule has 1 heterocycles. The van der Waals surface area contributed by atoms with Crippen LogP contribution in [-0.2, 0) is 0 Å². The Morgan fingerprint density at radius 1 is 1.17 bits per heavy atom. The van der Waals surface area contributed by atoms with Crippen molar-refractivity contribution in [2.75, 3.05) is 6.54 Å². The van der Waals surface area contributed by atoms with Crippen molar-refractivity contribution in [1.29, 1.82) is 0 Å². The highest BCUT2D eigenvalue weighted by atomic mass is 16.3. The maximum absolute atomic E-state index is 12.1. The van der Waals surface area contributed by atoms with Gasteiger partial charge in [0.2, 0.25) is 0 Å². The third-order valence-corrected chi connectivity index (χ3v) is 3.17. The zero-order chi connectivity index (χ0) is 13.3. The van der Waals surface area contributed by atoms with E-state index in [1.807, 2.05) is 6.92 Å². The first-order chi connectivity index (χ1) is 8.46. The third kappa shape index (κ3) is 2.16. The fraction of sp³-hybridized carbons (Fsp3) is 0.429. The smallest absolute Gasteiger partial charge is 0.261 e. The van der Waals surface area contributed by atoms with E-state index in [2.05, 4.69) is 0 Å². The molecule has 1 N–H and O–H groups in total. The van der Waals surface area contributed by atoms with Crippen molar-refractivity contribution in [3.63, 3.8) is 0 Å². The molecule has 0 fully saturated rings. The van der Waals surface area contributed by atoms with Gasteiger partial charge in [-0.1, -0.05) is 25.5 Å². The van der Waals surface area contributed by atoms with Gasteiger partial charge < -0.3 is 5.11 Å². The Labute approximate surface area is 106 Å². The lowest BCUT2D eigenvalue weighted by atomic mass is 10.00. The molecule has 2 amide bonds. The Kier molecular flexibility index (Phi) is 3.22. The van der Waals surface area contributed by atoms with Crippen molar-refractivity contribution in [3.05, 3.63) is 35.4 Å². The van der Waals surface area contributed by atoms with Gasteiger partial charge in [-0.3, -0.25) is 14.5 Å². The summed E-state index contributed by atoms with van der Waals surface area (Å²) in [7, 11) is 0. The Hall–Kier alpha value is -1.68. The van der Waals surface area contributed by atoms with Crippen LogP contribution in [0.2, 0.25) is 0 Å². The van der Waals surface area contributed by atoms with E-state index in [-0.39, 0.29) is 18.4 Å². The van der Waals surface area contributed by atoms with Crippen molar-refractivity contribution in [2.24, 2.45) is 0 Å². The molecular formula is C14H17NO3. The van der Waals surface area contributed by atoms with Gasteiger partial charge in [-0.05, 0) is 25.5 Å². The Balaban J connectivity index is 2.24. The molecule has 0 aromatic heterocycles. The first-order valence-corrected chi connectivity index (χ1v) is 6.14. The Morgan fingerprint density at radius 2 is 1.67 bits per heavy atom. The maximum Gasteiger partial charge on any atom is 0.261 e. The topological polar surface area (TPSA) is 57.6 Å². The number of fused-ring (bicyclic) bond motifs is 1. The summed E-state index contributed by atoms with van der Waals surface area (Å²) in [6.07, 6.45) is 1.36. The van der Waals surface area contributed by atoms with Crippen LogP contribution in [0.15, 0.2) is 24.3 Å². The van der Waals surface area contributed by atoms with E-state index in [9.17, 15) is 14.7 Å². The number of rotatable bonds is 4. The number of hydrogen-bond acceptors (Lipinski definition) is 3. The summed E-state index contributed by atoms with van der Waals surface area (Å²) in [4.78, 5) is 25.3. The average Bonchev–Trinajstić information content (AvgIpc) is 2.55. The molecule has 0 bridgehead atoms.